The van der Waals surface area contributed by atoms with E-state index in [2.05, 4.69) is 44.4 Å². The van der Waals surface area contributed by atoms with E-state index < -0.39 is 11.7 Å². The van der Waals surface area contributed by atoms with Gasteiger partial charge in [0.2, 0.25) is 0 Å². The number of nitrogens with zero attached hydrogens (tertiary/aromatic N) is 6. The molecule has 2 aliphatic rings. The molecule has 2 N–H and O–H groups in total. The first-order chi connectivity index (χ1) is 19.8. The van der Waals surface area contributed by atoms with Gasteiger partial charge in [0, 0.05) is 86.4 Å². The van der Waals surface area contributed by atoms with Crippen LogP contribution < -0.4 is 20.3 Å². The SMILES string of the molecule is CC1CN(c2ccc(C(=O)Nc3cc(F)c4nn(C)cc4c3)c3nc(OCCN4CCOCC4)ncc23)CC(C)N1. The van der Waals surface area contributed by atoms with E-state index in [1.54, 1.807) is 36.3 Å². The Hall–Kier alpha value is -3.87. The lowest BCUT2D eigenvalue weighted by Gasteiger charge is -2.38. The predicted molar refractivity (Wildman–Crippen MR) is 155 cm³/mol. The lowest BCUT2D eigenvalue weighted by atomic mass is 10.0. The molecule has 0 bridgehead atoms. The number of amides is 1. The number of aryl methyl sites for hydroxylation is 1. The average molecular weight is 563 g/mol. The van der Waals surface area contributed by atoms with Crippen LogP contribution in [0.1, 0.15) is 24.2 Å². The molecule has 4 aromatic rings. The molecular formula is C29H35FN8O3. The third-order valence-electron chi connectivity index (χ3n) is 7.53. The molecule has 2 saturated heterocycles. The van der Waals surface area contributed by atoms with Crippen LogP contribution in [0, 0.1) is 5.82 Å². The maximum atomic E-state index is 14.7. The molecule has 0 radical (unpaired) electrons. The summed E-state index contributed by atoms with van der Waals surface area (Å²) in [5.41, 5.74) is 2.39. The first-order valence-corrected chi connectivity index (χ1v) is 14.0. The normalized spacial score (nSPS) is 20.0. The number of halogens is 1. The number of benzene rings is 2. The van der Waals surface area contributed by atoms with Crippen LogP contribution in [0.5, 0.6) is 6.01 Å². The lowest BCUT2D eigenvalue weighted by Crippen LogP contribution is -2.54. The molecule has 2 fully saturated rings. The number of fused-ring (bicyclic) bond motifs is 2. The molecule has 6 rings (SSSR count). The summed E-state index contributed by atoms with van der Waals surface area (Å²) in [5.74, 6) is -0.900. The number of aromatic nitrogens is 4. The number of piperazine rings is 1. The van der Waals surface area contributed by atoms with Crippen LogP contribution in [-0.2, 0) is 11.8 Å². The fourth-order valence-corrected chi connectivity index (χ4v) is 5.71. The van der Waals surface area contributed by atoms with Crippen LogP contribution in [0.4, 0.5) is 15.8 Å². The molecule has 0 spiro atoms. The smallest absolute Gasteiger partial charge is 0.316 e. The molecule has 2 aromatic heterocycles. The lowest BCUT2D eigenvalue weighted by molar-refractivity contribution is 0.0317. The fraction of sp³-hybridized carbons (Fsp3) is 0.448. The summed E-state index contributed by atoms with van der Waals surface area (Å²) in [6.45, 7) is 10.2. The summed E-state index contributed by atoms with van der Waals surface area (Å²) in [7, 11) is 1.73. The highest BCUT2D eigenvalue weighted by Crippen LogP contribution is 2.31. The number of hydrogen-bond acceptors (Lipinski definition) is 9. The third-order valence-corrected chi connectivity index (χ3v) is 7.53. The highest BCUT2D eigenvalue weighted by Gasteiger charge is 2.25. The molecule has 2 aromatic carbocycles. The van der Waals surface area contributed by atoms with Crippen LogP contribution in [0.3, 0.4) is 0 Å². The molecule has 2 unspecified atom stereocenters. The average Bonchev–Trinajstić information content (AvgIpc) is 3.33. The van der Waals surface area contributed by atoms with Crippen molar-refractivity contribution < 1.29 is 18.7 Å². The molecular weight excluding hydrogens is 527 g/mol. The summed E-state index contributed by atoms with van der Waals surface area (Å²) in [4.78, 5) is 27.4. The van der Waals surface area contributed by atoms with E-state index in [9.17, 15) is 9.18 Å². The number of rotatable bonds is 7. The van der Waals surface area contributed by atoms with Crippen molar-refractivity contribution in [2.45, 2.75) is 25.9 Å². The van der Waals surface area contributed by atoms with E-state index in [-0.39, 0.29) is 11.5 Å². The third kappa shape index (κ3) is 5.95. The van der Waals surface area contributed by atoms with Gasteiger partial charge in [-0.15, -0.1) is 0 Å². The van der Waals surface area contributed by atoms with Crippen LogP contribution in [0.15, 0.2) is 36.7 Å². The second-order valence-electron chi connectivity index (χ2n) is 10.9. The number of carbonyl (C=O) groups excluding carboxylic acids is 1. The zero-order chi connectivity index (χ0) is 28.5. The molecule has 216 valence electrons. The minimum Gasteiger partial charge on any atom is -0.462 e. The zero-order valence-electron chi connectivity index (χ0n) is 23.6. The molecule has 1 amide bonds. The van der Waals surface area contributed by atoms with E-state index in [4.69, 9.17) is 14.5 Å². The van der Waals surface area contributed by atoms with Gasteiger partial charge < -0.3 is 25.0 Å². The molecule has 2 atom stereocenters. The Kier molecular flexibility index (Phi) is 7.69. The Balaban J connectivity index is 1.31. The minimum absolute atomic E-state index is 0.210. The quantitative estimate of drug-likeness (QED) is 0.351. The summed E-state index contributed by atoms with van der Waals surface area (Å²) in [6.07, 6.45) is 3.44. The zero-order valence-corrected chi connectivity index (χ0v) is 23.6. The van der Waals surface area contributed by atoms with E-state index in [0.29, 0.717) is 54.1 Å². The number of ether oxygens (including phenoxy) is 2. The molecule has 11 nitrogen and oxygen atoms in total. The van der Waals surface area contributed by atoms with Crippen LogP contribution in [0.2, 0.25) is 0 Å². The monoisotopic (exact) mass is 562 g/mol. The number of hydrogen-bond donors (Lipinski definition) is 2. The van der Waals surface area contributed by atoms with Crippen molar-refractivity contribution in [2.75, 3.05) is 62.8 Å². The first-order valence-electron chi connectivity index (χ1n) is 14.0. The van der Waals surface area contributed by atoms with E-state index in [1.165, 1.54) is 6.07 Å². The van der Waals surface area contributed by atoms with E-state index in [1.807, 2.05) is 6.07 Å². The molecule has 41 heavy (non-hydrogen) atoms. The van der Waals surface area contributed by atoms with Gasteiger partial charge in [0.05, 0.1) is 24.3 Å². The highest BCUT2D eigenvalue weighted by atomic mass is 19.1. The maximum Gasteiger partial charge on any atom is 0.316 e. The molecule has 0 aliphatic carbocycles. The topological polar surface area (TPSA) is 110 Å². The Morgan fingerprint density at radius 1 is 1.17 bits per heavy atom. The molecule has 4 heterocycles. The Morgan fingerprint density at radius 3 is 2.73 bits per heavy atom. The maximum absolute atomic E-state index is 14.7. The number of morpholine rings is 1. The van der Waals surface area contributed by atoms with Gasteiger partial charge in [0.1, 0.15) is 12.1 Å². The highest BCUT2D eigenvalue weighted by molar-refractivity contribution is 6.14. The fourth-order valence-electron chi connectivity index (χ4n) is 5.71. The predicted octanol–water partition coefficient (Wildman–Crippen LogP) is 2.81. The van der Waals surface area contributed by atoms with Crippen molar-refractivity contribution in [3.05, 3.63) is 48.0 Å². The minimum atomic E-state index is -0.501. The van der Waals surface area contributed by atoms with Crippen molar-refractivity contribution in [3.63, 3.8) is 0 Å². The van der Waals surface area contributed by atoms with E-state index >= 15 is 0 Å². The van der Waals surface area contributed by atoms with Gasteiger partial charge in [-0.25, -0.2) is 9.37 Å². The van der Waals surface area contributed by atoms with Gasteiger partial charge in [-0.1, -0.05) is 0 Å². The summed E-state index contributed by atoms with van der Waals surface area (Å²) < 4.78 is 27.6. The largest absolute Gasteiger partial charge is 0.462 e. The van der Waals surface area contributed by atoms with Crippen LogP contribution in [0.25, 0.3) is 21.8 Å². The van der Waals surface area contributed by atoms with Crippen molar-refractivity contribution in [1.29, 1.82) is 0 Å². The van der Waals surface area contributed by atoms with Crippen molar-refractivity contribution in [1.82, 2.24) is 30.0 Å². The molecule has 0 saturated carbocycles. The number of carbonyl (C=O) groups is 1. The second kappa shape index (κ2) is 11.6. The Bertz CT molecular complexity index is 1560. The Morgan fingerprint density at radius 2 is 1.95 bits per heavy atom. The molecule has 12 heteroatoms. The van der Waals surface area contributed by atoms with Crippen LogP contribution >= 0.6 is 0 Å². The summed E-state index contributed by atoms with van der Waals surface area (Å²) in [5, 5.41) is 11.9. The van der Waals surface area contributed by atoms with Gasteiger partial charge in [-0.3, -0.25) is 14.4 Å². The van der Waals surface area contributed by atoms with Gasteiger partial charge in [-0.05, 0) is 38.1 Å². The summed E-state index contributed by atoms with van der Waals surface area (Å²) >= 11 is 0. The Labute approximate surface area is 237 Å². The van der Waals surface area contributed by atoms with Crippen LogP contribution in [-0.4, -0.2) is 95.2 Å². The van der Waals surface area contributed by atoms with Gasteiger partial charge in [0.25, 0.3) is 5.91 Å². The van der Waals surface area contributed by atoms with Crippen molar-refractivity contribution in [2.24, 2.45) is 7.05 Å². The second-order valence-corrected chi connectivity index (χ2v) is 10.9. The number of anilines is 2. The van der Waals surface area contributed by atoms with Crippen molar-refractivity contribution in [3.8, 4) is 6.01 Å². The van der Waals surface area contributed by atoms with Gasteiger partial charge in [-0.2, -0.15) is 10.1 Å². The molecule has 2 aliphatic heterocycles. The van der Waals surface area contributed by atoms with E-state index in [0.717, 1.165) is 43.8 Å². The van der Waals surface area contributed by atoms with Crippen molar-refractivity contribution >= 4 is 39.1 Å². The first kappa shape index (κ1) is 27.3. The van der Waals surface area contributed by atoms with Gasteiger partial charge >= 0.3 is 6.01 Å². The summed E-state index contributed by atoms with van der Waals surface area (Å²) in [6, 6.07) is 7.52. The standard InChI is InChI=1S/C29H35FN8O3/c1-18-15-38(16-19(2)32-18)25-5-4-22(28(39)33-21-12-20-17-36(3)35-26(20)24(30)13-21)27-23(25)14-31-29(34-27)41-11-8-37-6-9-40-10-7-37/h4-5,12-14,17-19,32H,6-11,15-16H2,1-3H3,(H,33,39). The number of nitrogens with one attached hydrogen (secondary N) is 2. The van der Waals surface area contributed by atoms with Gasteiger partial charge in [0.15, 0.2) is 5.82 Å².